The van der Waals surface area contributed by atoms with Gasteiger partial charge in [-0.2, -0.15) is 0 Å². The number of carbonyl (C=O) groups excluding carboxylic acids is 2. The number of hydrogen-bond donors (Lipinski definition) is 5. The maximum absolute atomic E-state index is 11.5. The van der Waals surface area contributed by atoms with Crippen molar-refractivity contribution in [3.05, 3.63) is 12.7 Å². The molecule has 25 heavy (non-hydrogen) atoms. The lowest BCUT2D eigenvalue weighted by molar-refractivity contribution is -0.176. The Kier molecular flexibility index (Phi) is 13.2. The summed E-state index contributed by atoms with van der Waals surface area (Å²) in [6, 6.07) is 0. The molecule has 0 aromatic rings. The maximum atomic E-state index is 11.5. The van der Waals surface area contributed by atoms with Crippen molar-refractivity contribution in [3.8, 4) is 0 Å². The van der Waals surface area contributed by atoms with Crippen LogP contribution in [-0.2, 0) is 14.3 Å². The zero-order valence-electron chi connectivity index (χ0n) is 14.4. The Balaban J connectivity index is 3.97. The molecule has 0 saturated carbocycles. The monoisotopic (exact) mass is 362 g/mol. The summed E-state index contributed by atoms with van der Waals surface area (Å²) in [5, 5.41) is 46.2. The number of allylic oxidation sites excluding steroid dienone is 1. The summed E-state index contributed by atoms with van der Waals surface area (Å²) in [5.41, 5.74) is 0. The minimum Gasteiger partial charge on any atom is -0.394 e. The number of aliphatic hydroxyl groups is 5. The predicted molar refractivity (Wildman–Crippen MR) is 89.3 cm³/mol. The van der Waals surface area contributed by atoms with Gasteiger partial charge in [0.1, 0.15) is 18.3 Å². The van der Waals surface area contributed by atoms with Gasteiger partial charge in [-0.3, -0.25) is 4.79 Å². The third-order valence-corrected chi connectivity index (χ3v) is 3.75. The molecule has 0 rings (SSSR count). The Morgan fingerprint density at radius 2 is 1.48 bits per heavy atom. The normalized spacial score (nSPS) is 15.9. The Morgan fingerprint density at radius 1 is 0.920 bits per heavy atom. The molecule has 146 valence electrons. The van der Waals surface area contributed by atoms with Crippen molar-refractivity contribution in [1.82, 2.24) is 0 Å². The van der Waals surface area contributed by atoms with Crippen molar-refractivity contribution in [3.63, 3.8) is 0 Å². The first kappa shape index (κ1) is 23.7. The molecule has 0 saturated heterocycles. The van der Waals surface area contributed by atoms with Crippen LogP contribution in [0.4, 0.5) is 0 Å². The molecule has 0 heterocycles. The van der Waals surface area contributed by atoms with E-state index in [0.29, 0.717) is 6.42 Å². The van der Waals surface area contributed by atoms with E-state index < -0.39 is 43.0 Å². The molecule has 0 unspecified atom stereocenters. The van der Waals surface area contributed by atoms with Gasteiger partial charge in [0.05, 0.1) is 6.61 Å². The minimum absolute atomic E-state index is 0.00301. The van der Waals surface area contributed by atoms with E-state index in [2.05, 4.69) is 11.3 Å². The molecule has 0 spiro atoms. The summed E-state index contributed by atoms with van der Waals surface area (Å²) < 4.78 is 4.40. The highest BCUT2D eigenvalue weighted by Gasteiger charge is 2.35. The van der Waals surface area contributed by atoms with E-state index in [9.17, 15) is 24.9 Å². The fraction of sp³-hybridized carbons (Fsp3) is 0.765. The number of unbranched alkanes of at least 4 members (excludes halogenated alkanes) is 6. The van der Waals surface area contributed by atoms with E-state index in [1.807, 2.05) is 6.08 Å². The van der Waals surface area contributed by atoms with Gasteiger partial charge in [-0.25, -0.2) is 4.79 Å². The van der Waals surface area contributed by atoms with Crippen LogP contribution in [0, 0.1) is 0 Å². The SMILES string of the molecule is C=CCCCCCCCCC(=O)OC(=O)[C@H](O)[C@@H](O)[C@H](O)[C@H](O)CO. The lowest BCUT2D eigenvalue weighted by Gasteiger charge is -2.24. The van der Waals surface area contributed by atoms with Crippen LogP contribution in [0.5, 0.6) is 0 Å². The number of carbonyl (C=O) groups is 2. The summed E-state index contributed by atoms with van der Waals surface area (Å²) in [5.74, 6) is -2.24. The van der Waals surface area contributed by atoms with E-state index in [0.717, 1.165) is 38.5 Å². The van der Waals surface area contributed by atoms with Gasteiger partial charge in [-0.1, -0.05) is 31.8 Å². The number of esters is 2. The molecular weight excluding hydrogens is 332 g/mol. The minimum atomic E-state index is -2.20. The quantitative estimate of drug-likeness (QED) is 0.124. The van der Waals surface area contributed by atoms with Crippen molar-refractivity contribution >= 4 is 11.9 Å². The summed E-state index contributed by atoms with van der Waals surface area (Å²) in [4.78, 5) is 23.0. The molecule has 0 bridgehead atoms. The Labute approximate surface area is 147 Å². The highest BCUT2D eigenvalue weighted by atomic mass is 16.6. The van der Waals surface area contributed by atoms with Crippen LogP contribution >= 0.6 is 0 Å². The molecule has 8 nitrogen and oxygen atoms in total. The number of ether oxygens (including phenoxy) is 1. The molecule has 0 aliphatic rings. The van der Waals surface area contributed by atoms with Crippen molar-refractivity contribution in [2.24, 2.45) is 0 Å². The summed E-state index contributed by atoms with van der Waals surface area (Å²) in [6.07, 6.45) is 0.451. The highest BCUT2D eigenvalue weighted by Crippen LogP contribution is 2.10. The van der Waals surface area contributed by atoms with Gasteiger partial charge in [0.15, 0.2) is 6.10 Å². The molecule has 5 N–H and O–H groups in total. The number of hydrogen-bond acceptors (Lipinski definition) is 8. The van der Waals surface area contributed by atoms with Crippen LogP contribution in [0.15, 0.2) is 12.7 Å². The molecule has 0 aliphatic heterocycles. The Bertz CT molecular complexity index is 398. The zero-order valence-corrected chi connectivity index (χ0v) is 14.4. The third-order valence-electron chi connectivity index (χ3n) is 3.75. The molecule has 0 aromatic heterocycles. The Hall–Kier alpha value is -1.32. The molecule has 0 aromatic carbocycles. The predicted octanol–water partition coefficient (Wildman–Crippen LogP) is -0.201. The van der Waals surface area contributed by atoms with Gasteiger partial charge in [0.2, 0.25) is 0 Å². The highest BCUT2D eigenvalue weighted by molar-refractivity contribution is 5.88. The lowest BCUT2D eigenvalue weighted by atomic mass is 10.0. The van der Waals surface area contributed by atoms with Gasteiger partial charge >= 0.3 is 11.9 Å². The summed E-state index contributed by atoms with van der Waals surface area (Å²) in [6.45, 7) is 2.78. The molecular formula is C17H30O8. The Morgan fingerprint density at radius 3 is 2.04 bits per heavy atom. The fourth-order valence-electron chi connectivity index (χ4n) is 2.15. The lowest BCUT2D eigenvalue weighted by Crippen LogP contribution is -2.49. The van der Waals surface area contributed by atoms with Crippen LogP contribution in [-0.4, -0.2) is 68.5 Å². The average Bonchev–Trinajstić information content (AvgIpc) is 2.61. The second kappa shape index (κ2) is 13.9. The van der Waals surface area contributed by atoms with Crippen LogP contribution in [0.1, 0.15) is 51.4 Å². The van der Waals surface area contributed by atoms with Gasteiger partial charge in [-0.05, 0) is 19.3 Å². The van der Waals surface area contributed by atoms with Gasteiger partial charge in [0, 0.05) is 6.42 Å². The molecule has 0 aliphatic carbocycles. The molecule has 0 amide bonds. The molecule has 0 radical (unpaired) electrons. The molecule has 0 fully saturated rings. The van der Waals surface area contributed by atoms with Gasteiger partial charge in [0.25, 0.3) is 0 Å². The van der Waals surface area contributed by atoms with Crippen LogP contribution < -0.4 is 0 Å². The molecule has 4 atom stereocenters. The van der Waals surface area contributed by atoms with Crippen LogP contribution in [0.3, 0.4) is 0 Å². The summed E-state index contributed by atoms with van der Waals surface area (Å²) >= 11 is 0. The van der Waals surface area contributed by atoms with Gasteiger partial charge < -0.3 is 30.3 Å². The standard InChI is InChI=1S/C17H30O8/c1-2-3-4-5-6-7-8-9-10-13(20)25-17(24)16(23)15(22)14(21)12(19)11-18/h2,12,14-16,18-19,21-23H,1,3-11H2/t12-,14-,15+,16-/m1/s1. The van der Waals surface area contributed by atoms with Crippen LogP contribution in [0.2, 0.25) is 0 Å². The van der Waals surface area contributed by atoms with Crippen molar-refractivity contribution in [2.45, 2.75) is 75.8 Å². The second-order valence-corrected chi connectivity index (χ2v) is 5.92. The van der Waals surface area contributed by atoms with Crippen molar-refractivity contribution < 1.29 is 39.9 Å². The van der Waals surface area contributed by atoms with E-state index >= 15 is 0 Å². The summed E-state index contributed by atoms with van der Waals surface area (Å²) in [7, 11) is 0. The second-order valence-electron chi connectivity index (χ2n) is 5.92. The molecule has 8 heteroatoms. The first-order chi connectivity index (χ1) is 11.8. The van der Waals surface area contributed by atoms with Crippen molar-refractivity contribution in [1.29, 1.82) is 0 Å². The van der Waals surface area contributed by atoms with Crippen LogP contribution in [0.25, 0.3) is 0 Å². The maximum Gasteiger partial charge on any atom is 0.345 e. The smallest absolute Gasteiger partial charge is 0.345 e. The van der Waals surface area contributed by atoms with E-state index in [-0.39, 0.29) is 6.42 Å². The van der Waals surface area contributed by atoms with E-state index in [1.165, 1.54) is 0 Å². The first-order valence-corrected chi connectivity index (χ1v) is 8.53. The number of aliphatic hydroxyl groups excluding tert-OH is 5. The average molecular weight is 362 g/mol. The first-order valence-electron chi connectivity index (χ1n) is 8.53. The topological polar surface area (TPSA) is 145 Å². The largest absolute Gasteiger partial charge is 0.394 e. The third kappa shape index (κ3) is 10.3. The van der Waals surface area contributed by atoms with E-state index in [4.69, 9.17) is 10.2 Å². The van der Waals surface area contributed by atoms with Crippen molar-refractivity contribution in [2.75, 3.05) is 6.61 Å². The fourth-order valence-corrected chi connectivity index (χ4v) is 2.15. The van der Waals surface area contributed by atoms with Gasteiger partial charge in [-0.15, -0.1) is 6.58 Å². The zero-order chi connectivity index (χ0) is 19.2. The van der Waals surface area contributed by atoms with E-state index in [1.54, 1.807) is 0 Å². The number of rotatable bonds is 14.